The van der Waals surface area contributed by atoms with Crippen molar-refractivity contribution < 1.29 is 0 Å². The molecular formula is C13H14. The summed E-state index contributed by atoms with van der Waals surface area (Å²) < 4.78 is 0. The smallest absolute Gasteiger partial charge is 0.00857 e. The Kier molecular flexibility index (Phi) is 2.31. The zero-order valence-corrected chi connectivity index (χ0v) is 7.96. The summed E-state index contributed by atoms with van der Waals surface area (Å²) in [5, 5.41) is 0. The second kappa shape index (κ2) is 3.61. The zero-order chi connectivity index (χ0) is 9.10. The molecule has 0 radical (unpaired) electrons. The van der Waals surface area contributed by atoms with Gasteiger partial charge in [-0.05, 0) is 24.0 Å². The Balaban J connectivity index is 2.39. The molecule has 0 saturated carbocycles. The van der Waals surface area contributed by atoms with E-state index in [1.165, 1.54) is 16.7 Å². The molecule has 1 aromatic carbocycles. The van der Waals surface area contributed by atoms with Crippen LogP contribution in [0, 0.1) is 0 Å². The average molecular weight is 170 g/mol. The third-order valence-corrected chi connectivity index (χ3v) is 2.52. The maximum Gasteiger partial charge on any atom is -0.00857 e. The lowest BCUT2D eigenvalue weighted by Gasteiger charge is -1.99. The molecule has 0 bridgehead atoms. The predicted molar refractivity (Wildman–Crippen MR) is 57.6 cm³/mol. The summed E-state index contributed by atoms with van der Waals surface area (Å²) in [4.78, 5) is 0. The lowest BCUT2D eigenvalue weighted by molar-refractivity contribution is 1.12. The number of benzene rings is 1. The highest BCUT2D eigenvalue weighted by Gasteiger charge is 2.00. The zero-order valence-electron chi connectivity index (χ0n) is 7.96. The van der Waals surface area contributed by atoms with E-state index >= 15 is 0 Å². The second-order valence-electron chi connectivity index (χ2n) is 3.37. The molecule has 0 aliphatic heterocycles. The van der Waals surface area contributed by atoms with Gasteiger partial charge in [0.25, 0.3) is 0 Å². The Bertz CT molecular complexity index is 356. The molecule has 0 nitrogen and oxygen atoms in total. The summed E-state index contributed by atoms with van der Waals surface area (Å²) in [7, 11) is 0. The largest absolute Gasteiger partial charge is 0.0769 e. The third kappa shape index (κ3) is 1.72. The van der Waals surface area contributed by atoms with Gasteiger partial charge < -0.3 is 0 Å². The van der Waals surface area contributed by atoms with Gasteiger partial charge in [0, 0.05) is 0 Å². The standard InChI is InChI=1S/C13H14/c1-2-11-7-9-12-5-3-4-6-13(12)10-8-11/h3-9H,2,10H2,1H3. The third-order valence-electron chi connectivity index (χ3n) is 2.52. The molecule has 0 aromatic heterocycles. The van der Waals surface area contributed by atoms with E-state index in [0.717, 1.165) is 12.8 Å². The van der Waals surface area contributed by atoms with E-state index in [0.29, 0.717) is 0 Å². The Morgan fingerprint density at radius 3 is 2.85 bits per heavy atom. The monoisotopic (exact) mass is 170 g/mol. The molecule has 0 heteroatoms. The van der Waals surface area contributed by atoms with Gasteiger partial charge in [-0.25, -0.2) is 0 Å². The Morgan fingerprint density at radius 1 is 1.15 bits per heavy atom. The molecule has 0 atom stereocenters. The van der Waals surface area contributed by atoms with Crippen LogP contribution in [-0.4, -0.2) is 0 Å². The lowest BCUT2D eigenvalue weighted by atomic mass is 10.1. The fourth-order valence-electron chi connectivity index (χ4n) is 1.65. The maximum atomic E-state index is 2.32. The molecule has 1 aliphatic rings. The van der Waals surface area contributed by atoms with Crippen LogP contribution in [0.3, 0.4) is 0 Å². The molecule has 1 aromatic rings. The second-order valence-corrected chi connectivity index (χ2v) is 3.37. The highest BCUT2D eigenvalue weighted by atomic mass is 14.1. The molecule has 0 saturated heterocycles. The SMILES string of the molecule is CCC1=CCc2ccccc2C=C1. The molecule has 0 unspecified atom stereocenters. The quantitative estimate of drug-likeness (QED) is 0.604. The van der Waals surface area contributed by atoms with Crippen LogP contribution in [0.5, 0.6) is 0 Å². The van der Waals surface area contributed by atoms with E-state index in [2.05, 4.69) is 49.4 Å². The molecule has 0 fully saturated rings. The minimum absolute atomic E-state index is 1.08. The van der Waals surface area contributed by atoms with Crippen LogP contribution in [0.15, 0.2) is 42.0 Å². The Hall–Kier alpha value is -1.30. The van der Waals surface area contributed by atoms with Crippen LogP contribution in [-0.2, 0) is 6.42 Å². The first-order valence-electron chi connectivity index (χ1n) is 4.85. The summed E-state index contributed by atoms with van der Waals surface area (Å²) >= 11 is 0. The van der Waals surface area contributed by atoms with Crippen molar-refractivity contribution in [3.8, 4) is 0 Å². The summed E-state index contributed by atoms with van der Waals surface area (Å²) in [6.07, 6.45) is 8.97. The van der Waals surface area contributed by atoms with Crippen molar-refractivity contribution in [2.45, 2.75) is 19.8 Å². The van der Waals surface area contributed by atoms with Crippen LogP contribution in [0.2, 0.25) is 0 Å². The molecule has 0 N–H and O–H groups in total. The number of allylic oxidation sites excluding steroid dienone is 3. The van der Waals surface area contributed by atoms with Crippen LogP contribution in [0.4, 0.5) is 0 Å². The highest BCUT2D eigenvalue weighted by Crippen LogP contribution is 2.18. The van der Waals surface area contributed by atoms with Gasteiger partial charge >= 0.3 is 0 Å². The molecule has 0 spiro atoms. The van der Waals surface area contributed by atoms with Crippen molar-refractivity contribution in [2.24, 2.45) is 0 Å². The van der Waals surface area contributed by atoms with E-state index in [4.69, 9.17) is 0 Å². The Morgan fingerprint density at radius 2 is 2.00 bits per heavy atom. The topological polar surface area (TPSA) is 0 Å². The van der Waals surface area contributed by atoms with Crippen molar-refractivity contribution in [2.75, 3.05) is 0 Å². The van der Waals surface area contributed by atoms with Gasteiger partial charge in [-0.2, -0.15) is 0 Å². The molecule has 2 rings (SSSR count). The summed E-state index contributed by atoms with van der Waals surface area (Å²) in [6.45, 7) is 2.20. The predicted octanol–water partition coefficient (Wildman–Crippen LogP) is 3.59. The number of fused-ring (bicyclic) bond motifs is 1. The molecule has 0 heterocycles. The fraction of sp³-hybridized carbons (Fsp3) is 0.231. The van der Waals surface area contributed by atoms with Gasteiger partial charge in [-0.15, -0.1) is 0 Å². The van der Waals surface area contributed by atoms with Crippen molar-refractivity contribution in [1.29, 1.82) is 0 Å². The fourth-order valence-corrected chi connectivity index (χ4v) is 1.65. The van der Waals surface area contributed by atoms with E-state index in [1.54, 1.807) is 0 Å². The van der Waals surface area contributed by atoms with Gasteiger partial charge in [-0.3, -0.25) is 0 Å². The van der Waals surface area contributed by atoms with E-state index in [1.807, 2.05) is 0 Å². The van der Waals surface area contributed by atoms with Gasteiger partial charge in [0.2, 0.25) is 0 Å². The van der Waals surface area contributed by atoms with Crippen molar-refractivity contribution in [3.05, 3.63) is 53.1 Å². The normalized spacial score (nSPS) is 14.7. The summed E-state index contributed by atoms with van der Waals surface area (Å²) in [5.74, 6) is 0. The van der Waals surface area contributed by atoms with Crippen molar-refractivity contribution in [3.63, 3.8) is 0 Å². The van der Waals surface area contributed by atoms with Crippen LogP contribution in [0.25, 0.3) is 6.08 Å². The molecule has 66 valence electrons. The van der Waals surface area contributed by atoms with Crippen LogP contribution in [0.1, 0.15) is 24.5 Å². The van der Waals surface area contributed by atoms with Crippen LogP contribution < -0.4 is 0 Å². The van der Waals surface area contributed by atoms with Gasteiger partial charge in [0.1, 0.15) is 0 Å². The van der Waals surface area contributed by atoms with E-state index in [9.17, 15) is 0 Å². The van der Waals surface area contributed by atoms with Crippen molar-refractivity contribution >= 4 is 6.08 Å². The van der Waals surface area contributed by atoms with E-state index < -0.39 is 0 Å². The van der Waals surface area contributed by atoms with Gasteiger partial charge in [-0.1, -0.05) is 55.0 Å². The molecule has 13 heavy (non-hydrogen) atoms. The van der Waals surface area contributed by atoms with Crippen LogP contribution >= 0.6 is 0 Å². The first-order valence-corrected chi connectivity index (χ1v) is 4.85. The summed E-state index contributed by atoms with van der Waals surface area (Å²) in [5.41, 5.74) is 4.24. The van der Waals surface area contributed by atoms with Gasteiger partial charge in [0.15, 0.2) is 0 Å². The Labute approximate surface area is 79.6 Å². The molecule has 0 amide bonds. The lowest BCUT2D eigenvalue weighted by Crippen LogP contribution is -1.84. The van der Waals surface area contributed by atoms with Gasteiger partial charge in [0.05, 0.1) is 0 Å². The first-order chi connectivity index (χ1) is 6.40. The summed E-state index contributed by atoms with van der Waals surface area (Å²) in [6, 6.07) is 8.59. The highest BCUT2D eigenvalue weighted by molar-refractivity contribution is 5.58. The first kappa shape index (κ1) is 8.31. The minimum Gasteiger partial charge on any atom is -0.0769 e. The average Bonchev–Trinajstić information content (AvgIpc) is 2.39. The number of hydrogen-bond donors (Lipinski definition) is 0. The number of rotatable bonds is 1. The minimum atomic E-state index is 1.08. The molecule has 1 aliphatic carbocycles. The maximum absolute atomic E-state index is 2.32. The van der Waals surface area contributed by atoms with E-state index in [-0.39, 0.29) is 0 Å². The molecular weight excluding hydrogens is 156 g/mol. The van der Waals surface area contributed by atoms with Crippen molar-refractivity contribution in [1.82, 2.24) is 0 Å². The number of hydrogen-bond acceptors (Lipinski definition) is 0.